The molecule has 120 valence electrons. The van der Waals surface area contributed by atoms with E-state index in [-0.39, 0.29) is 12.1 Å². The van der Waals surface area contributed by atoms with Crippen molar-refractivity contribution in [2.24, 2.45) is 0 Å². The standard InChI is InChI=1S/C16H33NO3/c1-4-17(5-2)14-15(18)12-10-8-6-7-9-11-13-16(19)20-3/h15,18H,4-14H2,1-3H3/p+1. The molecule has 0 saturated heterocycles. The predicted molar refractivity (Wildman–Crippen MR) is 81.9 cm³/mol. The number of carbonyl (C=O) groups excluding carboxylic acids is 1. The molecule has 0 fully saturated rings. The van der Waals surface area contributed by atoms with E-state index in [9.17, 15) is 9.90 Å². The average molecular weight is 288 g/mol. The molecule has 0 rings (SSSR count). The number of aliphatic hydroxyl groups excluding tert-OH is 1. The Kier molecular flexibility index (Phi) is 13.0. The maximum atomic E-state index is 10.9. The Morgan fingerprint density at radius 3 is 2.15 bits per heavy atom. The van der Waals surface area contributed by atoms with Crippen molar-refractivity contribution in [3.05, 3.63) is 0 Å². The first-order valence-electron chi connectivity index (χ1n) is 8.22. The number of rotatable bonds is 13. The summed E-state index contributed by atoms with van der Waals surface area (Å²) in [6.45, 7) is 7.40. The van der Waals surface area contributed by atoms with Crippen molar-refractivity contribution in [2.75, 3.05) is 26.7 Å². The number of likely N-dealkylation sites (N-methyl/N-ethyl adjacent to an activating group) is 1. The highest BCUT2D eigenvalue weighted by atomic mass is 16.5. The molecule has 0 aromatic heterocycles. The molecule has 0 saturated carbocycles. The largest absolute Gasteiger partial charge is 0.469 e. The fourth-order valence-electron chi connectivity index (χ4n) is 2.43. The molecular weight excluding hydrogens is 254 g/mol. The Morgan fingerprint density at radius 2 is 1.60 bits per heavy atom. The van der Waals surface area contributed by atoms with Gasteiger partial charge in [0.1, 0.15) is 12.6 Å². The number of unbranched alkanes of at least 4 members (excludes halogenated alkanes) is 5. The van der Waals surface area contributed by atoms with Gasteiger partial charge in [0.25, 0.3) is 0 Å². The van der Waals surface area contributed by atoms with Crippen LogP contribution in [0.1, 0.15) is 65.2 Å². The summed E-state index contributed by atoms with van der Waals surface area (Å²) < 4.78 is 4.60. The van der Waals surface area contributed by atoms with Crippen LogP contribution < -0.4 is 4.90 Å². The van der Waals surface area contributed by atoms with Crippen molar-refractivity contribution in [1.82, 2.24) is 0 Å². The second-order valence-corrected chi connectivity index (χ2v) is 5.55. The molecule has 4 heteroatoms. The third-order valence-electron chi connectivity index (χ3n) is 3.92. The number of quaternary nitrogens is 1. The Hall–Kier alpha value is -0.610. The van der Waals surface area contributed by atoms with Crippen LogP contribution in [-0.4, -0.2) is 43.9 Å². The molecular formula is C16H34NO3+. The summed E-state index contributed by atoms with van der Waals surface area (Å²) in [6, 6.07) is 0. The van der Waals surface area contributed by atoms with E-state index in [1.807, 2.05) is 0 Å². The molecule has 0 aromatic carbocycles. The van der Waals surface area contributed by atoms with E-state index < -0.39 is 0 Å². The number of carbonyl (C=O) groups is 1. The lowest BCUT2D eigenvalue weighted by molar-refractivity contribution is -0.899. The number of hydrogen-bond acceptors (Lipinski definition) is 3. The summed E-state index contributed by atoms with van der Waals surface area (Å²) in [7, 11) is 1.44. The molecule has 0 heterocycles. The van der Waals surface area contributed by atoms with Crippen molar-refractivity contribution in [2.45, 2.75) is 71.3 Å². The molecule has 0 aliphatic carbocycles. The third kappa shape index (κ3) is 11.2. The van der Waals surface area contributed by atoms with E-state index >= 15 is 0 Å². The van der Waals surface area contributed by atoms with Gasteiger partial charge in [-0.15, -0.1) is 0 Å². The molecule has 2 N–H and O–H groups in total. The lowest BCUT2D eigenvalue weighted by Crippen LogP contribution is -3.12. The highest BCUT2D eigenvalue weighted by molar-refractivity contribution is 5.68. The molecule has 0 aliphatic heterocycles. The second kappa shape index (κ2) is 13.4. The van der Waals surface area contributed by atoms with Gasteiger partial charge in [0, 0.05) is 6.42 Å². The van der Waals surface area contributed by atoms with Crippen molar-refractivity contribution in [3.63, 3.8) is 0 Å². The third-order valence-corrected chi connectivity index (χ3v) is 3.92. The minimum Gasteiger partial charge on any atom is -0.469 e. The molecule has 0 aliphatic rings. The molecule has 0 radical (unpaired) electrons. The minimum atomic E-state index is -0.149. The number of methoxy groups -OCH3 is 1. The summed E-state index contributed by atoms with van der Waals surface area (Å²) >= 11 is 0. The zero-order valence-corrected chi connectivity index (χ0v) is 13.6. The SMILES string of the molecule is CC[NH+](CC)CC(O)CCCCCCCCC(=O)OC. The number of ether oxygens (including phenoxy) is 1. The smallest absolute Gasteiger partial charge is 0.305 e. The van der Waals surface area contributed by atoms with Gasteiger partial charge in [0.2, 0.25) is 0 Å². The van der Waals surface area contributed by atoms with Crippen LogP contribution in [0.4, 0.5) is 0 Å². The predicted octanol–water partition coefficient (Wildman–Crippen LogP) is 1.57. The van der Waals surface area contributed by atoms with Gasteiger partial charge in [-0.05, 0) is 26.7 Å². The molecule has 1 unspecified atom stereocenters. The number of nitrogens with one attached hydrogen (secondary N) is 1. The maximum absolute atomic E-state index is 10.9. The number of aliphatic hydroxyl groups is 1. The second-order valence-electron chi connectivity index (χ2n) is 5.55. The van der Waals surface area contributed by atoms with Crippen LogP contribution in [0.15, 0.2) is 0 Å². The van der Waals surface area contributed by atoms with E-state index in [0.717, 1.165) is 45.3 Å². The van der Waals surface area contributed by atoms with Gasteiger partial charge >= 0.3 is 5.97 Å². The van der Waals surface area contributed by atoms with E-state index in [0.29, 0.717) is 6.42 Å². The first kappa shape index (κ1) is 19.4. The quantitative estimate of drug-likeness (QED) is 0.399. The summed E-state index contributed by atoms with van der Waals surface area (Å²) in [5, 5.41) is 9.94. The van der Waals surface area contributed by atoms with Crippen LogP contribution in [0.2, 0.25) is 0 Å². The van der Waals surface area contributed by atoms with E-state index in [4.69, 9.17) is 0 Å². The fraction of sp³-hybridized carbons (Fsp3) is 0.938. The molecule has 4 nitrogen and oxygen atoms in total. The minimum absolute atomic E-state index is 0.105. The zero-order chi connectivity index (χ0) is 15.2. The first-order valence-corrected chi connectivity index (χ1v) is 8.22. The van der Waals surface area contributed by atoms with Crippen molar-refractivity contribution in [3.8, 4) is 0 Å². The van der Waals surface area contributed by atoms with Gasteiger partial charge in [-0.1, -0.05) is 32.1 Å². The van der Waals surface area contributed by atoms with Crippen LogP contribution in [0.3, 0.4) is 0 Å². The molecule has 0 amide bonds. The lowest BCUT2D eigenvalue weighted by Gasteiger charge is -2.19. The fourth-order valence-corrected chi connectivity index (χ4v) is 2.43. The van der Waals surface area contributed by atoms with E-state index in [1.54, 1.807) is 0 Å². The number of hydrogen-bond donors (Lipinski definition) is 2. The molecule has 20 heavy (non-hydrogen) atoms. The monoisotopic (exact) mass is 288 g/mol. The van der Waals surface area contributed by atoms with Gasteiger partial charge in [-0.2, -0.15) is 0 Å². The van der Waals surface area contributed by atoms with Crippen LogP contribution in [0.25, 0.3) is 0 Å². The molecule has 0 spiro atoms. The average Bonchev–Trinajstić information content (AvgIpc) is 2.46. The normalized spacial score (nSPS) is 12.7. The molecule has 0 bridgehead atoms. The van der Waals surface area contributed by atoms with Gasteiger partial charge in [0.15, 0.2) is 0 Å². The van der Waals surface area contributed by atoms with Gasteiger partial charge in [-0.3, -0.25) is 4.79 Å². The summed E-state index contributed by atoms with van der Waals surface area (Å²) in [5.41, 5.74) is 0. The maximum Gasteiger partial charge on any atom is 0.305 e. The van der Waals surface area contributed by atoms with Gasteiger partial charge in [-0.25, -0.2) is 0 Å². The van der Waals surface area contributed by atoms with Gasteiger partial charge in [0.05, 0.1) is 20.2 Å². The van der Waals surface area contributed by atoms with Crippen LogP contribution in [0, 0.1) is 0 Å². The van der Waals surface area contributed by atoms with Crippen LogP contribution >= 0.6 is 0 Å². The number of esters is 1. The van der Waals surface area contributed by atoms with E-state index in [2.05, 4.69) is 18.6 Å². The lowest BCUT2D eigenvalue weighted by atomic mass is 10.1. The highest BCUT2D eigenvalue weighted by Crippen LogP contribution is 2.09. The summed E-state index contributed by atoms with van der Waals surface area (Å²) in [6.07, 6.45) is 8.02. The summed E-state index contributed by atoms with van der Waals surface area (Å²) in [5.74, 6) is -0.105. The van der Waals surface area contributed by atoms with Crippen molar-refractivity contribution >= 4 is 5.97 Å². The first-order chi connectivity index (χ1) is 9.63. The zero-order valence-electron chi connectivity index (χ0n) is 13.6. The van der Waals surface area contributed by atoms with Crippen molar-refractivity contribution < 1.29 is 19.5 Å². The Labute approximate surface area is 124 Å². The van der Waals surface area contributed by atoms with Crippen molar-refractivity contribution in [1.29, 1.82) is 0 Å². The van der Waals surface area contributed by atoms with Crippen LogP contribution in [-0.2, 0) is 9.53 Å². The van der Waals surface area contributed by atoms with E-state index in [1.165, 1.54) is 31.3 Å². The Bertz CT molecular complexity index is 230. The van der Waals surface area contributed by atoms with Gasteiger partial charge < -0.3 is 14.7 Å². The van der Waals surface area contributed by atoms with Crippen LogP contribution in [0.5, 0.6) is 0 Å². The topological polar surface area (TPSA) is 51.0 Å². The highest BCUT2D eigenvalue weighted by Gasteiger charge is 2.11. The Morgan fingerprint density at radius 1 is 1.05 bits per heavy atom. The summed E-state index contributed by atoms with van der Waals surface area (Å²) in [4.78, 5) is 12.4. The molecule has 0 aromatic rings. The Balaban J connectivity index is 3.33. The molecule has 1 atom stereocenters.